The zero-order valence-electron chi connectivity index (χ0n) is 8.39. The van der Waals surface area contributed by atoms with Gasteiger partial charge < -0.3 is 5.73 Å². The van der Waals surface area contributed by atoms with Gasteiger partial charge in [0.2, 0.25) is 0 Å². The molecule has 0 aliphatic heterocycles. The summed E-state index contributed by atoms with van der Waals surface area (Å²) in [6, 6.07) is 8.01. The Morgan fingerprint density at radius 1 is 1.40 bits per heavy atom. The summed E-state index contributed by atoms with van der Waals surface area (Å²) in [5, 5.41) is 4.24. The van der Waals surface area contributed by atoms with Crippen LogP contribution in [0.3, 0.4) is 0 Å². The molecule has 0 bridgehead atoms. The zero-order valence-corrected chi connectivity index (χ0v) is 9.98. The van der Waals surface area contributed by atoms with Crippen LogP contribution in [-0.4, -0.2) is 9.78 Å². The lowest BCUT2D eigenvalue weighted by atomic mass is 10.1. The molecule has 2 aromatic rings. The van der Waals surface area contributed by atoms with Gasteiger partial charge in [-0.3, -0.25) is 0 Å². The lowest BCUT2D eigenvalue weighted by Crippen LogP contribution is -2.09. The number of hydrogen-bond donors (Lipinski definition) is 1. The molecule has 78 valence electrons. The van der Waals surface area contributed by atoms with Crippen LogP contribution in [-0.2, 0) is 0 Å². The van der Waals surface area contributed by atoms with Crippen molar-refractivity contribution in [3.8, 4) is 5.69 Å². The van der Waals surface area contributed by atoms with Gasteiger partial charge in [-0.15, -0.1) is 0 Å². The number of aromatic nitrogens is 2. The Morgan fingerprint density at radius 3 is 2.73 bits per heavy atom. The minimum absolute atomic E-state index is 0.00387. The molecule has 1 heterocycles. The van der Waals surface area contributed by atoms with Crippen molar-refractivity contribution in [3.63, 3.8) is 0 Å². The zero-order chi connectivity index (χ0) is 10.8. The largest absolute Gasteiger partial charge is 0.324 e. The van der Waals surface area contributed by atoms with E-state index in [1.807, 2.05) is 42.1 Å². The van der Waals surface area contributed by atoms with Crippen molar-refractivity contribution in [2.45, 2.75) is 13.0 Å². The van der Waals surface area contributed by atoms with Crippen LogP contribution >= 0.6 is 15.9 Å². The maximum atomic E-state index is 5.91. The summed E-state index contributed by atoms with van der Waals surface area (Å²) in [5.41, 5.74) is 8.02. The first-order chi connectivity index (χ1) is 7.18. The highest BCUT2D eigenvalue weighted by Gasteiger charge is 2.08. The second-order valence-electron chi connectivity index (χ2n) is 3.45. The molecule has 0 amide bonds. The minimum Gasteiger partial charge on any atom is -0.324 e. The molecule has 0 aliphatic rings. The van der Waals surface area contributed by atoms with Gasteiger partial charge in [0, 0.05) is 12.2 Å². The number of rotatable bonds is 2. The summed E-state index contributed by atoms with van der Waals surface area (Å²) in [5.74, 6) is 0. The molecule has 3 nitrogen and oxygen atoms in total. The second kappa shape index (κ2) is 4.16. The second-order valence-corrected chi connectivity index (χ2v) is 4.37. The predicted molar refractivity (Wildman–Crippen MR) is 63.9 cm³/mol. The molecule has 1 aromatic heterocycles. The molecular formula is C11H12BrN3. The van der Waals surface area contributed by atoms with E-state index in [0.717, 1.165) is 15.7 Å². The van der Waals surface area contributed by atoms with Crippen LogP contribution in [0.25, 0.3) is 5.69 Å². The van der Waals surface area contributed by atoms with Gasteiger partial charge >= 0.3 is 0 Å². The maximum Gasteiger partial charge on any atom is 0.0693 e. The van der Waals surface area contributed by atoms with Crippen LogP contribution in [0.4, 0.5) is 0 Å². The van der Waals surface area contributed by atoms with Crippen LogP contribution in [0, 0.1) is 0 Å². The fourth-order valence-electron chi connectivity index (χ4n) is 1.51. The van der Waals surface area contributed by atoms with Gasteiger partial charge in [-0.05, 0) is 34.5 Å². The lowest BCUT2D eigenvalue weighted by molar-refractivity contribution is 0.781. The summed E-state index contributed by atoms with van der Waals surface area (Å²) in [6.07, 6.45) is 3.68. The van der Waals surface area contributed by atoms with Crippen LogP contribution in [0.1, 0.15) is 18.5 Å². The van der Waals surface area contributed by atoms with E-state index in [1.54, 1.807) is 6.20 Å². The molecule has 4 heteroatoms. The third-order valence-electron chi connectivity index (χ3n) is 2.23. The average Bonchev–Trinajstić information content (AvgIpc) is 2.65. The van der Waals surface area contributed by atoms with E-state index in [-0.39, 0.29) is 6.04 Å². The Morgan fingerprint density at radius 2 is 2.13 bits per heavy atom. The third-order valence-corrected chi connectivity index (χ3v) is 2.63. The van der Waals surface area contributed by atoms with Crippen LogP contribution < -0.4 is 5.73 Å². The van der Waals surface area contributed by atoms with Crippen LogP contribution in [0.15, 0.2) is 41.1 Å². The van der Waals surface area contributed by atoms with Crippen molar-refractivity contribution in [1.29, 1.82) is 0 Å². The van der Waals surface area contributed by atoms with Crippen molar-refractivity contribution < 1.29 is 0 Å². The standard InChI is InChI=1S/C11H12BrN3/c1-8(13)10-4-2-3-5-11(10)15-7-9(12)6-14-15/h2-8H,13H2,1H3/t8-/m0/s1. The smallest absolute Gasteiger partial charge is 0.0693 e. The van der Waals surface area contributed by atoms with Crippen molar-refractivity contribution >= 4 is 15.9 Å². The lowest BCUT2D eigenvalue weighted by Gasteiger charge is -2.11. The molecular weight excluding hydrogens is 254 g/mol. The first kappa shape index (κ1) is 10.4. The van der Waals surface area contributed by atoms with Gasteiger partial charge in [0.15, 0.2) is 0 Å². The molecule has 0 fully saturated rings. The van der Waals surface area contributed by atoms with Crippen molar-refractivity contribution in [2.75, 3.05) is 0 Å². The van der Waals surface area contributed by atoms with E-state index in [2.05, 4.69) is 21.0 Å². The third kappa shape index (κ3) is 2.11. The SMILES string of the molecule is C[C@H](N)c1ccccc1-n1cc(Br)cn1. The number of para-hydroxylation sites is 1. The topological polar surface area (TPSA) is 43.8 Å². The molecule has 1 atom stereocenters. The highest BCUT2D eigenvalue weighted by molar-refractivity contribution is 9.10. The summed E-state index contributed by atoms with van der Waals surface area (Å²) in [4.78, 5) is 0. The quantitative estimate of drug-likeness (QED) is 0.908. The fraction of sp³-hybridized carbons (Fsp3) is 0.182. The summed E-state index contributed by atoms with van der Waals surface area (Å²) < 4.78 is 2.78. The predicted octanol–water partition coefficient (Wildman–Crippen LogP) is 2.65. The molecule has 0 unspecified atom stereocenters. The molecule has 0 aliphatic carbocycles. The maximum absolute atomic E-state index is 5.91. The first-order valence-corrected chi connectivity index (χ1v) is 5.53. The molecule has 0 spiro atoms. The Kier molecular flexibility index (Phi) is 2.88. The summed E-state index contributed by atoms with van der Waals surface area (Å²) in [7, 11) is 0. The van der Waals surface area contributed by atoms with E-state index < -0.39 is 0 Å². The van der Waals surface area contributed by atoms with Crippen LogP contribution in [0.2, 0.25) is 0 Å². The Bertz CT molecular complexity index is 462. The number of benzene rings is 1. The Labute approximate surface area is 97.0 Å². The molecule has 2 rings (SSSR count). The van der Waals surface area contributed by atoms with Crippen molar-refractivity contribution in [1.82, 2.24) is 9.78 Å². The number of halogens is 1. The normalized spacial score (nSPS) is 12.7. The van der Waals surface area contributed by atoms with Crippen molar-refractivity contribution in [3.05, 3.63) is 46.7 Å². The highest BCUT2D eigenvalue weighted by Crippen LogP contribution is 2.20. The molecule has 2 N–H and O–H groups in total. The van der Waals surface area contributed by atoms with Crippen molar-refractivity contribution in [2.24, 2.45) is 5.73 Å². The van der Waals surface area contributed by atoms with E-state index in [9.17, 15) is 0 Å². The molecule has 1 aromatic carbocycles. The first-order valence-electron chi connectivity index (χ1n) is 4.73. The monoisotopic (exact) mass is 265 g/mol. The summed E-state index contributed by atoms with van der Waals surface area (Å²) >= 11 is 3.38. The number of nitrogens with zero attached hydrogens (tertiary/aromatic N) is 2. The molecule has 0 saturated heterocycles. The average molecular weight is 266 g/mol. The van der Waals surface area contributed by atoms with Gasteiger partial charge in [0.25, 0.3) is 0 Å². The van der Waals surface area contributed by atoms with Gasteiger partial charge in [-0.1, -0.05) is 18.2 Å². The fourth-order valence-corrected chi connectivity index (χ4v) is 1.80. The highest BCUT2D eigenvalue weighted by atomic mass is 79.9. The van der Waals surface area contributed by atoms with E-state index >= 15 is 0 Å². The number of nitrogens with two attached hydrogens (primary N) is 1. The summed E-state index contributed by atoms with van der Waals surface area (Å²) in [6.45, 7) is 1.97. The van der Waals surface area contributed by atoms with E-state index in [0.29, 0.717) is 0 Å². The minimum atomic E-state index is 0.00387. The molecule has 0 saturated carbocycles. The Balaban J connectivity index is 2.52. The van der Waals surface area contributed by atoms with E-state index in [1.165, 1.54) is 0 Å². The molecule has 0 radical (unpaired) electrons. The molecule has 15 heavy (non-hydrogen) atoms. The van der Waals surface area contributed by atoms with Crippen LogP contribution in [0.5, 0.6) is 0 Å². The van der Waals surface area contributed by atoms with E-state index in [4.69, 9.17) is 5.73 Å². The Hall–Kier alpha value is -1.13. The van der Waals surface area contributed by atoms with Gasteiger partial charge in [0.1, 0.15) is 0 Å². The van der Waals surface area contributed by atoms with Gasteiger partial charge in [-0.2, -0.15) is 5.10 Å². The number of hydrogen-bond acceptors (Lipinski definition) is 2. The van der Waals surface area contributed by atoms with Gasteiger partial charge in [-0.25, -0.2) is 4.68 Å². The van der Waals surface area contributed by atoms with Gasteiger partial charge in [0.05, 0.1) is 16.4 Å².